The van der Waals surface area contributed by atoms with E-state index in [4.69, 9.17) is 4.74 Å². The van der Waals surface area contributed by atoms with Crippen LogP contribution < -0.4 is 15.6 Å². The van der Waals surface area contributed by atoms with E-state index in [0.29, 0.717) is 12.6 Å². The van der Waals surface area contributed by atoms with Crippen LogP contribution in [0.25, 0.3) is 0 Å². The second-order valence-corrected chi connectivity index (χ2v) is 7.87. The van der Waals surface area contributed by atoms with Crippen molar-refractivity contribution >= 4 is 11.8 Å². The normalized spacial score (nSPS) is 20.8. The number of pyridine rings is 1. The first-order valence-corrected chi connectivity index (χ1v) is 9.37. The maximum atomic E-state index is 13.4. The van der Waals surface area contributed by atoms with Crippen LogP contribution >= 0.6 is 0 Å². The molecule has 170 valence electrons. The fraction of sp³-hybridized carbons (Fsp3) is 0.526. The van der Waals surface area contributed by atoms with Crippen LogP contribution in [0.2, 0.25) is 0 Å². The van der Waals surface area contributed by atoms with Gasteiger partial charge in [0.1, 0.15) is 11.4 Å². The lowest BCUT2D eigenvalue weighted by molar-refractivity contribution is -0.379. The number of nitrogens with zero attached hydrogens (tertiary/aromatic N) is 2. The van der Waals surface area contributed by atoms with Crippen LogP contribution in [0.4, 0.5) is 38.1 Å². The lowest BCUT2D eigenvalue weighted by Gasteiger charge is -2.51. The SMILES string of the molecule is COC1CC(Nc2nc(NCc3c[nH+]ccc3C(F)(F)F)ncc2C(F)(F)F)C1(C)C. The highest BCUT2D eigenvalue weighted by atomic mass is 19.4. The van der Waals surface area contributed by atoms with Gasteiger partial charge in [0, 0.05) is 42.9 Å². The molecule has 2 atom stereocenters. The summed E-state index contributed by atoms with van der Waals surface area (Å²) in [4.78, 5) is 10.1. The maximum Gasteiger partial charge on any atom is 0.421 e. The second kappa shape index (κ2) is 8.13. The van der Waals surface area contributed by atoms with Crippen molar-refractivity contribution in [3.8, 4) is 0 Å². The number of aromatic amines is 1. The molecule has 0 spiro atoms. The van der Waals surface area contributed by atoms with Gasteiger partial charge in [-0.3, -0.25) is 0 Å². The third kappa shape index (κ3) is 4.83. The summed E-state index contributed by atoms with van der Waals surface area (Å²) in [5.41, 5.74) is -2.49. The number of anilines is 2. The number of rotatable bonds is 6. The monoisotopic (exact) mass is 450 g/mol. The zero-order valence-electron chi connectivity index (χ0n) is 16.9. The highest BCUT2D eigenvalue weighted by Gasteiger charge is 2.49. The molecule has 1 aliphatic rings. The van der Waals surface area contributed by atoms with E-state index < -0.39 is 34.7 Å². The summed E-state index contributed by atoms with van der Waals surface area (Å²) in [6, 6.07) is 0.546. The summed E-state index contributed by atoms with van der Waals surface area (Å²) in [7, 11) is 1.53. The topological polar surface area (TPSA) is 73.2 Å². The number of ether oxygens (including phenoxy) is 1. The van der Waals surface area contributed by atoms with E-state index in [1.807, 2.05) is 13.8 Å². The van der Waals surface area contributed by atoms with Crippen molar-refractivity contribution < 1.29 is 36.1 Å². The first-order valence-electron chi connectivity index (χ1n) is 9.37. The second-order valence-electron chi connectivity index (χ2n) is 7.87. The molecular formula is C19H22F6N5O+. The van der Waals surface area contributed by atoms with E-state index >= 15 is 0 Å². The summed E-state index contributed by atoms with van der Waals surface area (Å²) in [6.45, 7) is 3.39. The fourth-order valence-corrected chi connectivity index (χ4v) is 3.54. The molecule has 12 heteroatoms. The minimum Gasteiger partial charge on any atom is -0.381 e. The van der Waals surface area contributed by atoms with Gasteiger partial charge < -0.3 is 15.4 Å². The molecule has 0 aromatic carbocycles. The van der Waals surface area contributed by atoms with E-state index in [1.54, 1.807) is 0 Å². The number of nitrogens with one attached hydrogen (secondary N) is 3. The first-order chi connectivity index (χ1) is 14.3. The predicted molar refractivity (Wildman–Crippen MR) is 99.0 cm³/mol. The van der Waals surface area contributed by atoms with Crippen LogP contribution in [-0.2, 0) is 23.6 Å². The van der Waals surface area contributed by atoms with Crippen molar-refractivity contribution in [3.63, 3.8) is 0 Å². The molecular weight excluding hydrogens is 428 g/mol. The van der Waals surface area contributed by atoms with Crippen molar-refractivity contribution in [3.05, 3.63) is 41.3 Å². The molecule has 0 bridgehead atoms. The summed E-state index contributed by atoms with van der Waals surface area (Å²) in [6.07, 6.45) is -6.01. The number of H-pyrrole nitrogens is 1. The van der Waals surface area contributed by atoms with Gasteiger partial charge in [0.2, 0.25) is 5.95 Å². The van der Waals surface area contributed by atoms with E-state index in [2.05, 4.69) is 25.6 Å². The summed E-state index contributed by atoms with van der Waals surface area (Å²) in [5.74, 6) is -0.666. The fourth-order valence-electron chi connectivity index (χ4n) is 3.54. The number of hydrogen-bond acceptors (Lipinski definition) is 5. The van der Waals surface area contributed by atoms with Crippen molar-refractivity contribution in [2.75, 3.05) is 17.7 Å². The maximum absolute atomic E-state index is 13.4. The Morgan fingerprint density at radius 2 is 1.84 bits per heavy atom. The zero-order valence-corrected chi connectivity index (χ0v) is 16.9. The van der Waals surface area contributed by atoms with Crippen molar-refractivity contribution in [2.45, 2.75) is 51.3 Å². The molecule has 1 aliphatic carbocycles. The lowest BCUT2D eigenvalue weighted by atomic mass is 9.64. The third-order valence-electron chi connectivity index (χ3n) is 5.56. The average Bonchev–Trinajstić information content (AvgIpc) is 2.68. The van der Waals surface area contributed by atoms with Gasteiger partial charge in [0.05, 0.1) is 11.7 Å². The molecule has 0 aliphatic heterocycles. The molecule has 0 saturated heterocycles. The van der Waals surface area contributed by atoms with Crippen molar-refractivity contribution in [1.29, 1.82) is 0 Å². The largest absolute Gasteiger partial charge is 0.421 e. The van der Waals surface area contributed by atoms with Crippen LogP contribution in [0.3, 0.4) is 0 Å². The standard InChI is InChI=1S/C19H21F6N5O/c1-17(2)13(6-14(17)31-3)29-15-12(19(23,24)25)9-28-16(30-15)27-8-10-7-26-5-4-11(10)18(20,21)22/h4-5,7,9,13-14H,6,8H2,1-3H3,(H2,27,28,29,30)/p+1. The molecule has 2 heterocycles. The average molecular weight is 450 g/mol. The Morgan fingerprint density at radius 3 is 2.42 bits per heavy atom. The van der Waals surface area contributed by atoms with Gasteiger partial charge in [-0.25, -0.2) is 9.97 Å². The quantitative estimate of drug-likeness (QED) is 0.647. The molecule has 1 saturated carbocycles. The Morgan fingerprint density at radius 1 is 1.16 bits per heavy atom. The van der Waals surface area contributed by atoms with Crippen LogP contribution in [0.5, 0.6) is 0 Å². The van der Waals surface area contributed by atoms with E-state index in [9.17, 15) is 26.3 Å². The van der Waals surface area contributed by atoms with Gasteiger partial charge in [0.25, 0.3) is 0 Å². The Hall–Kier alpha value is -2.63. The highest BCUT2D eigenvalue weighted by molar-refractivity contribution is 5.50. The molecule has 1 fully saturated rings. The van der Waals surface area contributed by atoms with Crippen molar-refractivity contribution in [2.24, 2.45) is 5.41 Å². The summed E-state index contributed by atoms with van der Waals surface area (Å²) >= 11 is 0. The molecule has 31 heavy (non-hydrogen) atoms. The molecule has 2 aromatic heterocycles. The van der Waals surface area contributed by atoms with Gasteiger partial charge in [-0.1, -0.05) is 13.8 Å². The Balaban J connectivity index is 1.83. The Kier molecular flexibility index (Phi) is 6.05. The van der Waals surface area contributed by atoms with Gasteiger partial charge in [-0.15, -0.1) is 0 Å². The molecule has 0 radical (unpaired) electrons. The molecule has 3 rings (SSSR count). The zero-order chi connectivity index (χ0) is 23.0. The molecule has 0 amide bonds. The lowest BCUT2D eigenvalue weighted by Crippen LogP contribution is -2.58. The summed E-state index contributed by atoms with van der Waals surface area (Å²) in [5, 5.41) is 5.37. The minimum absolute atomic E-state index is 0.117. The van der Waals surface area contributed by atoms with Gasteiger partial charge in [-0.05, 0) is 6.42 Å². The van der Waals surface area contributed by atoms with Crippen LogP contribution in [-0.4, -0.2) is 29.2 Å². The van der Waals surface area contributed by atoms with Crippen LogP contribution in [0, 0.1) is 5.41 Å². The van der Waals surface area contributed by atoms with Gasteiger partial charge >= 0.3 is 12.4 Å². The minimum atomic E-state index is -4.70. The van der Waals surface area contributed by atoms with E-state index in [-0.39, 0.29) is 30.2 Å². The number of aromatic nitrogens is 3. The number of alkyl halides is 6. The van der Waals surface area contributed by atoms with E-state index in [1.165, 1.54) is 7.11 Å². The number of methoxy groups -OCH3 is 1. The van der Waals surface area contributed by atoms with Crippen LogP contribution in [0.1, 0.15) is 37.0 Å². The van der Waals surface area contributed by atoms with Gasteiger partial charge in [0.15, 0.2) is 12.4 Å². The van der Waals surface area contributed by atoms with Crippen molar-refractivity contribution in [1.82, 2.24) is 9.97 Å². The highest BCUT2D eigenvalue weighted by Crippen LogP contribution is 2.45. The molecule has 2 unspecified atom stereocenters. The third-order valence-corrected chi connectivity index (χ3v) is 5.56. The smallest absolute Gasteiger partial charge is 0.381 e. The number of halogens is 6. The molecule has 6 nitrogen and oxygen atoms in total. The predicted octanol–water partition coefficient (Wildman–Crippen LogP) is 4.17. The van der Waals surface area contributed by atoms with E-state index in [0.717, 1.165) is 18.5 Å². The Bertz CT molecular complexity index is 931. The Labute approximate surface area is 174 Å². The van der Waals surface area contributed by atoms with Gasteiger partial charge in [-0.2, -0.15) is 31.3 Å². The molecule has 2 aromatic rings. The van der Waals surface area contributed by atoms with Crippen LogP contribution in [0.15, 0.2) is 24.7 Å². The first kappa shape index (κ1) is 23.0. The molecule has 3 N–H and O–H groups in total. The summed E-state index contributed by atoms with van der Waals surface area (Å²) < 4.78 is 85.0. The number of hydrogen-bond donors (Lipinski definition) is 2.